The van der Waals surface area contributed by atoms with Gasteiger partial charge in [0.2, 0.25) is 0 Å². The van der Waals surface area contributed by atoms with E-state index in [0.717, 1.165) is 47.5 Å². The van der Waals surface area contributed by atoms with Crippen molar-refractivity contribution in [3.8, 4) is 5.75 Å². The number of ketones is 2. The molecule has 2 aromatic rings. The normalized spacial score (nSPS) is 20.5. The number of allylic oxidation sites excluding steroid dienone is 4. The number of anilines is 1. The van der Waals surface area contributed by atoms with Crippen LogP contribution in [-0.2, 0) is 14.4 Å². The molecule has 5 rings (SSSR count). The van der Waals surface area contributed by atoms with Crippen LogP contribution in [0.15, 0.2) is 77.1 Å². The molecule has 0 atom stereocenters. The molecule has 6 heteroatoms. The predicted octanol–water partition coefficient (Wildman–Crippen LogP) is 6.41. The third-order valence-corrected chi connectivity index (χ3v) is 7.98. The zero-order valence-corrected chi connectivity index (χ0v) is 23.6. The van der Waals surface area contributed by atoms with Crippen molar-refractivity contribution in [2.45, 2.75) is 66.2 Å². The fourth-order valence-electron chi connectivity index (χ4n) is 6.39. The summed E-state index contributed by atoms with van der Waals surface area (Å²) in [6, 6.07) is 16.8. The van der Waals surface area contributed by atoms with Crippen molar-refractivity contribution in [3.63, 3.8) is 0 Å². The molecule has 0 saturated heterocycles. The van der Waals surface area contributed by atoms with Crippen LogP contribution in [0.2, 0.25) is 0 Å². The molecule has 2 aliphatic carbocycles. The maximum atomic E-state index is 13.7. The van der Waals surface area contributed by atoms with Crippen LogP contribution in [0.3, 0.4) is 0 Å². The fourth-order valence-corrected chi connectivity index (χ4v) is 6.39. The number of nitrogens with one attached hydrogen (secondary N) is 1. The molecule has 0 saturated carbocycles. The van der Waals surface area contributed by atoms with Gasteiger partial charge in [0.25, 0.3) is 5.91 Å². The SMILES string of the molecule is CCN1C2=C(C(=O)CC(C)(C)C2)C(c2ccc(OCC(=O)Nc3ccccc3)cc2)C2=C1CC(C)(C)CC2=O. The molecule has 1 amide bonds. The molecular weight excluding hydrogens is 488 g/mol. The molecule has 204 valence electrons. The lowest BCUT2D eigenvalue weighted by molar-refractivity contribution is -0.120. The fraction of sp³-hybridized carbons (Fsp3) is 0.424. The third-order valence-electron chi connectivity index (χ3n) is 7.98. The lowest BCUT2D eigenvalue weighted by Crippen LogP contribution is -2.44. The molecule has 0 fully saturated rings. The number of hydrogen-bond acceptors (Lipinski definition) is 5. The first-order valence-corrected chi connectivity index (χ1v) is 13.9. The van der Waals surface area contributed by atoms with Gasteiger partial charge in [0, 0.05) is 53.5 Å². The standard InChI is InChI=1S/C33H38N2O4/c1-6-35-24-16-32(2,3)18-26(36)30(24)29(31-25(35)17-33(4,5)19-27(31)37)21-12-14-23(15-13-21)39-20-28(38)34-22-10-8-7-9-11-22/h7-15,29H,6,16-20H2,1-5H3,(H,34,38). The van der Waals surface area contributed by atoms with Crippen molar-refractivity contribution >= 4 is 23.2 Å². The molecule has 0 radical (unpaired) electrons. The summed E-state index contributed by atoms with van der Waals surface area (Å²) in [6.45, 7) is 11.3. The van der Waals surface area contributed by atoms with E-state index < -0.39 is 0 Å². The van der Waals surface area contributed by atoms with E-state index in [1.165, 1.54) is 0 Å². The van der Waals surface area contributed by atoms with Crippen molar-refractivity contribution in [2.75, 3.05) is 18.5 Å². The molecule has 0 unspecified atom stereocenters. The minimum absolute atomic E-state index is 0.116. The Morgan fingerprint density at radius 1 is 0.846 bits per heavy atom. The number of Topliss-reactive ketones (excluding diaryl/α,β-unsaturated/α-hetero) is 2. The number of rotatable bonds is 6. The van der Waals surface area contributed by atoms with Crippen LogP contribution in [0.1, 0.15) is 71.8 Å². The van der Waals surface area contributed by atoms with E-state index in [1.807, 2.05) is 54.6 Å². The van der Waals surface area contributed by atoms with Gasteiger partial charge in [0.15, 0.2) is 18.2 Å². The minimum Gasteiger partial charge on any atom is -0.484 e. The van der Waals surface area contributed by atoms with Gasteiger partial charge in [0.05, 0.1) is 0 Å². The summed E-state index contributed by atoms with van der Waals surface area (Å²) in [5.74, 6) is 0.204. The van der Waals surface area contributed by atoms with E-state index >= 15 is 0 Å². The molecule has 2 aromatic carbocycles. The summed E-state index contributed by atoms with van der Waals surface area (Å²) >= 11 is 0. The van der Waals surface area contributed by atoms with Crippen LogP contribution >= 0.6 is 0 Å². The molecular formula is C33H38N2O4. The smallest absolute Gasteiger partial charge is 0.262 e. The van der Waals surface area contributed by atoms with Crippen LogP contribution in [0, 0.1) is 10.8 Å². The van der Waals surface area contributed by atoms with Crippen molar-refractivity contribution in [1.82, 2.24) is 4.90 Å². The van der Waals surface area contributed by atoms with Crippen LogP contribution in [0.5, 0.6) is 5.75 Å². The Hall–Kier alpha value is -3.67. The van der Waals surface area contributed by atoms with Crippen LogP contribution in [-0.4, -0.2) is 35.5 Å². The monoisotopic (exact) mass is 526 g/mol. The minimum atomic E-state index is -0.375. The van der Waals surface area contributed by atoms with Gasteiger partial charge in [-0.15, -0.1) is 0 Å². The van der Waals surface area contributed by atoms with E-state index in [1.54, 1.807) is 0 Å². The molecule has 1 heterocycles. The van der Waals surface area contributed by atoms with E-state index in [2.05, 4.69) is 44.8 Å². The predicted molar refractivity (Wildman–Crippen MR) is 152 cm³/mol. The van der Waals surface area contributed by atoms with Crippen molar-refractivity contribution in [1.29, 1.82) is 0 Å². The first-order chi connectivity index (χ1) is 18.5. The Labute approximate surface area is 231 Å². The average molecular weight is 527 g/mol. The summed E-state index contributed by atoms with van der Waals surface area (Å²) in [6.07, 6.45) is 2.56. The molecule has 0 aromatic heterocycles. The first kappa shape index (κ1) is 26.9. The van der Waals surface area contributed by atoms with Gasteiger partial charge in [0.1, 0.15) is 5.75 Å². The van der Waals surface area contributed by atoms with Crippen LogP contribution < -0.4 is 10.1 Å². The van der Waals surface area contributed by atoms with Gasteiger partial charge in [-0.25, -0.2) is 0 Å². The highest BCUT2D eigenvalue weighted by atomic mass is 16.5. The van der Waals surface area contributed by atoms with Crippen molar-refractivity contribution < 1.29 is 19.1 Å². The number of benzene rings is 2. The van der Waals surface area contributed by atoms with E-state index in [-0.39, 0.29) is 40.8 Å². The van der Waals surface area contributed by atoms with E-state index in [0.29, 0.717) is 24.3 Å². The molecule has 0 bridgehead atoms. The maximum Gasteiger partial charge on any atom is 0.262 e. The number of amides is 1. The number of ether oxygens (including phenoxy) is 1. The Balaban J connectivity index is 1.46. The zero-order valence-electron chi connectivity index (χ0n) is 23.6. The summed E-state index contributed by atoms with van der Waals surface area (Å²) < 4.78 is 5.75. The average Bonchev–Trinajstić information content (AvgIpc) is 2.86. The lowest BCUT2D eigenvalue weighted by Gasteiger charge is -2.48. The third kappa shape index (κ3) is 5.42. The highest BCUT2D eigenvalue weighted by Gasteiger charge is 2.48. The number of carbonyl (C=O) groups is 3. The second-order valence-electron chi connectivity index (χ2n) is 12.6. The zero-order chi connectivity index (χ0) is 27.9. The molecule has 39 heavy (non-hydrogen) atoms. The summed E-state index contributed by atoms with van der Waals surface area (Å²) in [5.41, 5.74) is 5.08. The Morgan fingerprint density at radius 3 is 1.90 bits per heavy atom. The summed E-state index contributed by atoms with van der Waals surface area (Å²) in [4.78, 5) is 42.0. The van der Waals surface area contributed by atoms with Gasteiger partial charge in [-0.3, -0.25) is 14.4 Å². The van der Waals surface area contributed by atoms with Crippen LogP contribution in [0.4, 0.5) is 5.69 Å². The summed E-state index contributed by atoms with van der Waals surface area (Å²) in [5, 5.41) is 2.81. The molecule has 0 spiro atoms. The van der Waals surface area contributed by atoms with Gasteiger partial charge in [-0.2, -0.15) is 0 Å². The molecule has 6 nitrogen and oxygen atoms in total. The molecule has 3 aliphatic rings. The largest absolute Gasteiger partial charge is 0.484 e. The molecule has 1 aliphatic heterocycles. The van der Waals surface area contributed by atoms with Gasteiger partial charge >= 0.3 is 0 Å². The van der Waals surface area contributed by atoms with Crippen molar-refractivity contribution in [3.05, 3.63) is 82.7 Å². The number of hydrogen-bond donors (Lipinski definition) is 1. The first-order valence-electron chi connectivity index (χ1n) is 13.9. The Kier molecular flexibility index (Phi) is 7.00. The second kappa shape index (κ2) is 10.1. The lowest BCUT2D eigenvalue weighted by atomic mass is 9.63. The highest BCUT2D eigenvalue weighted by Crippen LogP contribution is 2.54. The van der Waals surface area contributed by atoms with Gasteiger partial charge in [-0.05, 0) is 60.4 Å². The summed E-state index contributed by atoms with van der Waals surface area (Å²) in [7, 11) is 0. The van der Waals surface area contributed by atoms with Crippen molar-refractivity contribution in [2.24, 2.45) is 10.8 Å². The van der Waals surface area contributed by atoms with E-state index in [4.69, 9.17) is 4.74 Å². The number of para-hydroxylation sites is 1. The number of nitrogens with zero attached hydrogens (tertiary/aromatic N) is 1. The quantitative estimate of drug-likeness (QED) is 0.471. The van der Waals surface area contributed by atoms with Gasteiger partial charge < -0.3 is 15.0 Å². The highest BCUT2D eigenvalue weighted by molar-refractivity contribution is 6.06. The Bertz CT molecular complexity index is 1310. The molecule has 1 N–H and O–H groups in total. The Morgan fingerprint density at radius 2 is 1.38 bits per heavy atom. The number of carbonyl (C=O) groups excluding carboxylic acids is 3. The topological polar surface area (TPSA) is 75.7 Å². The van der Waals surface area contributed by atoms with Gasteiger partial charge in [-0.1, -0.05) is 58.0 Å². The second-order valence-corrected chi connectivity index (χ2v) is 12.6. The van der Waals surface area contributed by atoms with Crippen LogP contribution in [0.25, 0.3) is 0 Å². The maximum absolute atomic E-state index is 13.7. The van der Waals surface area contributed by atoms with E-state index in [9.17, 15) is 14.4 Å².